The van der Waals surface area contributed by atoms with Crippen molar-refractivity contribution in [3.8, 4) is 0 Å². The molecule has 1 heterocycles. The molecule has 0 atom stereocenters. The molecule has 0 unspecified atom stereocenters. The third kappa shape index (κ3) is 2.42. The molecule has 0 bridgehead atoms. The summed E-state index contributed by atoms with van der Waals surface area (Å²) in [5.41, 5.74) is 1.14. The van der Waals surface area contributed by atoms with Crippen LogP contribution < -0.4 is 4.72 Å². The van der Waals surface area contributed by atoms with Crippen LogP contribution in [0.3, 0.4) is 0 Å². The van der Waals surface area contributed by atoms with E-state index < -0.39 is 10.0 Å². The van der Waals surface area contributed by atoms with Crippen molar-refractivity contribution in [2.75, 3.05) is 4.72 Å². The molecular formula is C10H10ClN3O2S. The van der Waals surface area contributed by atoms with Crippen molar-refractivity contribution in [3.05, 3.63) is 41.2 Å². The first-order valence-electron chi connectivity index (χ1n) is 4.77. The lowest BCUT2D eigenvalue weighted by Gasteiger charge is -2.09. The van der Waals surface area contributed by atoms with Gasteiger partial charge in [-0.05, 0) is 24.6 Å². The van der Waals surface area contributed by atoms with Gasteiger partial charge in [0, 0.05) is 11.2 Å². The topological polar surface area (TPSA) is 74.8 Å². The second-order valence-corrected chi connectivity index (χ2v) is 5.54. The van der Waals surface area contributed by atoms with Crippen molar-refractivity contribution in [2.24, 2.45) is 0 Å². The van der Waals surface area contributed by atoms with Crippen molar-refractivity contribution in [3.63, 3.8) is 0 Å². The van der Waals surface area contributed by atoms with Gasteiger partial charge in [0.2, 0.25) is 0 Å². The van der Waals surface area contributed by atoms with Gasteiger partial charge in [0.1, 0.15) is 4.90 Å². The highest BCUT2D eigenvalue weighted by Crippen LogP contribution is 2.25. The molecule has 0 fully saturated rings. The van der Waals surface area contributed by atoms with Crippen LogP contribution in [0.15, 0.2) is 35.5 Å². The fourth-order valence-corrected chi connectivity index (χ4v) is 2.51. The number of nitrogens with one attached hydrogen (secondary N) is 2. The summed E-state index contributed by atoms with van der Waals surface area (Å²) in [6.07, 6.45) is 2.55. The largest absolute Gasteiger partial charge is 0.284 e. The molecule has 2 rings (SSSR count). The van der Waals surface area contributed by atoms with Crippen LogP contribution in [0.5, 0.6) is 0 Å². The highest BCUT2D eigenvalue weighted by molar-refractivity contribution is 7.92. The molecule has 0 amide bonds. The van der Waals surface area contributed by atoms with E-state index in [0.29, 0.717) is 16.3 Å². The zero-order chi connectivity index (χ0) is 12.5. The van der Waals surface area contributed by atoms with Crippen molar-refractivity contribution < 1.29 is 8.42 Å². The first-order chi connectivity index (χ1) is 8.00. The van der Waals surface area contributed by atoms with Crippen LogP contribution in [0, 0.1) is 6.92 Å². The van der Waals surface area contributed by atoms with Gasteiger partial charge in [-0.2, -0.15) is 5.10 Å². The summed E-state index contributed by atoms with van der Waals surface area (Å²) in [4.78, 5) is 0.0804. The maximum Gasteiger partial charge on any atom is 0.265 e. The van der Waals surface area contributed by atoms with Crippen LogP contribution in [0.4, 0.5) is 5.69 Å². The second-order valence-electron chi connectivity index (χ2n) is 3.45. The summed E-state index contributed by atoms with van der Waals surface area (Å²) >= 11 is 5.91. The van der Waals surface area contributed by atoms with Crippen LogP contribution >= 0.6 is 11.6 Å². The van der Waals surface area contributed by atoms with E-state index in [0.717, 1.165) is 0 Å². The Hall–Kier alpha value is -1.53. The summed E-state index contributed by atoms with van der Waals surface area (Å²) in [5.74, 6) is 0. The predicted octanol–water partition coefficient (Wildman–Crippen LogP) is 2.17. The van der Waals surface area contributed by atoms with Gasteiger partial charge in [0.05, 0.1) is 11.9 Å². The summed E-state index contributed by atoms with van der Waals surface area (Å²) in [7, 11) is -3.61. The van der Waals surface area contributed by atoms with E-state index in [9.17, 15) is 8.42 Å². The van der Waals surface area contributed by atoms with Gasteiger partial charge in [0.25, 0.3) is 10.0 Å². The molecular weight excluding hydrogens is 262 g/mol. The maximum absolute atomic E-state index is 11.9. The Bertz CT molecular complexity index is 623. The minimum atomic E-state index is -3.61. The van der Waals surface area contributed by atoms with E-state index >= 15 is 0 Å². The lowest BCUT2D eigenvalue weighted by atomic mass is 10.2. The van der Waals surface area contributed by atoms with Crippen LogP contribution in [0.25, 0.3) is 0 Å². The molecule has 1 aromatic carbocycles. The van der Waals surface area contributed by atoms with E-state index in [1.54, 1.807) is 25.1 Å². The Morgan fingerprint density at radius 2 is 2.18 bits per heavy atom. The fourth-order valence-electron chi connectivity index (χ4n) is 1.31. The second kappa shape index (κ2) is 4.38. The summed E-state index contributed by atoms with van der Waals surface area (Å²) in [6.45, 7) is 1.75. The van der Waals surface area contributed by atoms with Gasteiger partial charge < -0.3 is 0 Å². The van der Waals surface area contributed by atoms with Crippen LogP contribution in [-0.2, 0) is 10.0 Å². The molecule has 0 aliphatic carbocycles. The molecule has 0 saturated heterocycles. The Morgan fingerprint density at radius 1 is 1.41 bits per heavy atom. The fraction of sp³-hybridized carbons (Fsp3) is 0.100. The van der Waals surface area contributed by atoms with E-state index in [1.807, 2.05) is 0 Å². The van der Waals surface area contributed by atoms with Gasteiger partial charge in [0.15, 0.2) is 0 Å². The maximum atomic E-state index is 11.9. The molecule has 0 radical (unpaired) electrons. The number of sulfonamides is 1. The zero-order valence-electron chi connectivity index (χ0n) is 8.94. The van der Waals surface area contributed by atoms with Gasteiger partial charge >= 0.3 is 0 Å². The van der Waals surface area contributed by atoms with Crippen LogP contribution in [-0.4, -0.2) is 18.6 Å². The number of H-pyrrole nitrogens is 1. The first kappa shape index (κ1) is 11.9. The summed E-state index contributed by atoms with van der Waals surface area (Å²) in [6, 6.07) is 5.04. The minimum absolute atomic E-state index is 0.0804. The minimum Gasteiger partial charge on any atom is -0.284 e. The number of halogens is 1. The molecule has 5 nitrogen and oxygen atoms in total. The monoisotopic (exact) mass is 271 g/mol. The molecule has 0 spiro atoms. The van der Waals surface area contributed by atoms with E-state index in [2.05, 4.69) is 14.9 Å². The molecule has 0 aliphatic rings. The smallest absolute Gasteiger partial charge is 0.265 e. The third-order valence-corrected chi connectivity index (χ3v) is 4.04. The first-order valence-corrected chi connectivity index (χ1v) is 6.63. The molecule has 90 valence electrons. The van der Waals surface area contributed by atoms with Crippen molar-refractivity contribution >= 4 is 27.3 Å². The zero-order valence-corrected chi connectivity index (χ0v) is 10.5. The standard InChI is InChI=1S/C10H10ClN3O2S/c1-7-9(11)3-2-4-10(7)14-17(15,16)8-5-12-13-6-8/h2-6,14H,1H3,(H,12,13). The van der Waals surface area contributed by atoms with Crippen molar-refractivity contribution in [1.82, 2.24) is 10.2 Å². The van der Waals surface area contributed by atoms with E-state index in [-0.39, 0.29) is 4.90 Å². The number of aromatic nitrogens is 2. The number of benzene rings is 1. The number of anilines is 1. The lowest BCUT2D eigenvalue weighted by molar-refractivity contribution is 0.601. The molecule has 17 heavy (non-hydrogen) atoms. The molecule has 0 aliphatic heterocycles. The number of rotatable bonds is 3. The predicted molar refractivity (Wildman–Crippen MR) is 65.6 cm³/mol. The highest BCUT2D eigenvalue weighted by atomic mass is 35.5. The Balaban J connectivity index is 2.37. The number of hydrogen-bond acceptors (Lipinski definition) is 3. The van der Waals surface area contributed by atoms with Crippen molar-refractivity contribution in [2.45, 2.75) is 11.8 Å². The average Bonchev–Trinajstić information content (AvgIpc) is 2.78. The molecule has 2 aromatic rings. The average molecular weight is 272 g/mol. The molecule has 0 saturated carbocycles. The highest BCUT2D eigenvalue weighted by Gasteiger charge is 2.16. The van der Waals surface area contributed by atoms with Gasteiger partial charge in [-0.25, -0.2) is 8.42 Å². The summed E-state index contributed by atoms with van der Waals surface area (Å²) in [5, 5.41) is 6.56. The van der Waals surface area contributed by atoms with Crippen LogP contribution in [0.1, 0.15) is 5.56 Å². The quantitative estimate of drug-likeness (QED) is 0.898. The van der Waals surface area contributed by atoms with E-state index in [1.165, 1.54) is 12.4 Å². The lowest BCUT2D eigenvalue weighted by Crippen LogP contribution is -2.13. The SMILES string of the molecule is Cc1c(Cl)cccc1NS(=O)(=O)c1cn[nH]c1. The van der Waals surface area contributed by atoms with E-state index in [4.69, 9.17) is 11.6 Å². The third-order valence-electron chi connectivity index (χ3n) is 2.30. The van der Waals surface area contributed by atoms with Gasteiger partial charge in [-0.1, -0.05) is 17.7 Å². The number of hydrogen-bond donors (Lipinski definition) is 2. The number of aromatic amines is 1. The number of nitrogens with zero attached hydrogens (tertiary/aromatic N) is 1. The Labute approximate surface area is 104 Å². The van der Waals surface area contributed by atoms with Crippen molar-refractivity contribution in [1.29, 1.82) is 0 Å². The molecule has 2 N–H and O–H groups in total. The normalized spacial score (nSPS) is 11.4. The Morgan fingerprint density at radius 3 is 2.82 bits per heavy atom. The van der Waals surface area contributed by atoms with Crippen LogP contribution in [0.2, 0.25) is 5.02 Å². The van der Waals surface area contributed by atoms with Gasteiger partial charge in [-0.3, -0.25) is 9.82 Å². The molecule has 1 aromatic heterocycles. The van der Waals surface area contributed by atoms with Gasteiger partial charge in [-0.15, -0.1) is 0 Å². The Kier molecular flexibility index (Phi) is 3.08. The molecule has 7 heteroatoms. The summed E-state index contributed by atoms with van der Waals surface area (Å²) < 4.78 is 26.3.